The van der Waals surface area contributed by atoms with E-state index in [0.29, 0.717) is 18.2 Å². The second-order valence-electron chi connectivity index (χ2n) is 8.80. The molecule has 0 radical (unpaired) electrons. The fourth-order valence-corrected chi connectivity index (χ4v) is 4.84. The lowest BCUT2D eigenvalue weighted by Crippen LogP contribution is -2.29. The van der Waals surface area contributed by atoms with Crippen LogP contribution in [-0.4, -0.2) is 28.3 Å². The van der Waals surface area contributed by atoms with E-state index in [1.807, 2.05) is 28.9 Å². The van der Waals surface area contributed by atoms with Crippen LogP contribution in [0.1, 0.15) is 29.7 Å². The van der Waals surface area contributed by atoms with E-state index in [1.165, 1.54) is 18.4 Å². The highest BCUT2D eigenvalue weighted by Gasteiger charge is 2.31. The van der Waals surface area contributed by atoms with Crippen LogP contribution in [0, 0.1) is 5.92 Å². The highest BCUT2D eigenvalue weighted by Crippen LogP contribution is 2.39. The van der Waals surface area contributed by atoms with E-state index in [4.69, 9.17) is 31.2 Å². The summed E-state index contributed by atoms with van der Waals surface area (Å²) >= 11 is 6.62. The molecule has 1 aliphatic carbocycles. The van der Waals surface area contributed by atoms with Gasteiger partial charge in [-0.3, -0.25) is 0 Å². The van der Waals surface area contributed by atoms with E-state index in [-0.39, 0.29) is 0 Å². The number of anilines is 1. The molecule has 6 rings (SSSR count). The highest BCUT2D eigenvalue weighted by atomic mass is 35.5. The van der Waals surface area contributed by atoms with Crippen LogP contribution in [-0.2, 0) is 24.5 Å². The number of hydrogen-bond donors (Lipinski definition) is 0. The predicted molar refractivity (Wildman–Crippen MR) is 129 cm³/mol. The Balaban J connectivity index is 1.51. The van der Waals surface area contributed by atoms with E-state index < -0.39 is 0 Å². The second kappa shape index (κ2) is 8.36. The number of aromatic nitrogens is 3. The van der Waals surface area contributed by atoms with Crippen molar-refractivity contribution in [2.24, 2.45) is 5.92 Å². The van der Waals surface area contributed by atoms with Gasteiger partial charge in [-0.25, -0.2) is 4.98 Å². The second-order valence-corrected chi connectivity index (χ2v) is 9.21. The van der Waals surface area contributed by atoms with Gasteiger partial charge in [0.2, 0.25) is 0 Å². The maximum atomic E-state index is 6.62. The molecule has 3 heterocycles. The van der Waals surface area contributed by atoms with Crippen LogP contribution in [0.4, 0.5) is 5.82 Å². The molecule has 2 aromatic heterocycles. The Hall–Kier alpha value is -3.09. The SMILES string of the molecule is COc1ccc(-c2cnn3c(N(Cc4ccccc4)CC4CC4)c4c(nc23)COC4)c(Cl)c1. The lowest BCUT2D eigenvalue weighted by atomic mass is 10.1. The summed E-state index contributed by atoms with van der Waals surface area (Å²) in [5.41, 5.74) is 6.00. The average molecular weight is 461 g/mol. The Kier molecular flexibility index (Phi) is 5.19. The minimum atomic E-state index is 0.516. The number of methoxy groups -OCH3 is 1. The van der Waals surface area contributed by atoms with Crippen LogP contribution in [0.25, 0.3) is 16.8 Å². The van der Waals surface area contributed by atoms with E-state index in [9.17, 15) is 0 Å². The third-order valence-corrected chi connectivity index (χ3v) is 6.76. The summed E-state index contributed by atoms with van der Waals surface area (Å²) in [6.45, 7) is 2.89. The van der Waals surface area contributed by atoms with Crippen LogP contribution >= 0.6 is 11.6 Å². The van der Waals surface area contributed by atoms with Crippen molar-refractivity contribution >= 4 is 23.1 Å². The van der Waals surface area contributed by atoms with Gasteiger partial charge in [0.05, 0.1) is 37.2 Å². The molecule has 0 bridgehead atoms. The quantitative estimate of drug-likeness (QED) is 0.364. The van der Waals surface area contributed by atoms with E-state index in [0.717, 1.165) is 58.6 Å². The zero-order chi connectivity index (χ0) is 22.4. The number of benzene rings is 2. The Labute approximate surface area is 197 Å². The first-order chi connectivity index (χ1) is 16.2. The molecule has 6 nitrogen and oxygen atoms in total. The summed E-state index contributed by atoms with van der Waals surface area (Å²) in [5.74, 6) is 2.53. The van der Waals surface area contributed by atoms with Crippen LogP contribution in [0.5, 0.6) is 5.75 Å². The summed E-state index contributed by atoms with van der Waals surface area (Å²) in [7, 11) is 1.64. The molecule has 1 aliphatic heterocycles. The molecular formula is C26H25ClN4O2. The number of hydrogen-bond acceptors (Lipinski definition) is 5. The smallest absolute Gasteiger partial charge is 0.165 e. The van der Waals surface area contributed by atoms with Crippen molar-refractivity contribution < 1.29 is 9.47 Å². The van der Waals surface area contributed by atoms with Gasteiger partial charge in [0.25, 0.3) is 0 Å². The molecule has 0 atom stereocenters. The van der Waals surface area contributed by atoms with Gasteiger partial charge in [-0.15, -0.1) is 0 Å². The minimum Gasteiger partial charge on any atom is -0.497 e. The highest BCUT2D eigenvalue weighted by molar-refractivity contribution is 6.33. The topological polar surface area (TPSA) is 51.9 Å². The lowest BCUT2D eigenvalue weighted by molar-refractivity contribution is 0.133. The first-order valence-corrected chi connectivity index (χ1v) is 11.7. The lowest BCUT2D eigenvalue weighted by Gasteiger charge is -2.27. The van der Waals surface area contributed by atoms with Crippen LogP contribution in [0.15, 0.2) is 54.7 Å². The Bertz CT molecular complexity index is 1320. The molecule has 168 valence electrons. The van der Waals surface area contributed by atoms with Gasteiger partial charge in [-0.2, -0.15) is 9.61 Å². The molecule has 7 heteroatoms. The fourth-order valence-electron chi connectivity index (χ4n) is 4.57. The van der Waals surface area contributed by atoms with E-state index in [2.05, 4.69) is 35.2 Å². The van der Waals surface area contributed by atoms with Crippen molar-refractivity contribution in [3.05, 3.63) is 76.6 Å². The van der Waals surface area contributed by atoms with Crippen molar-refractivity contribution in [3.8, 4) is 16.9 Å². The van der Waals surface area contributed by atoms with Crippen LogP contribution in [0.3, 0.4) is 0 Å². The molecule has 0 spiro atoms. The first-order valence-electron chi connectivity index (χ1n) is 11.3. The fraction of sp³-hybridized carbons (Fsp3) is 0.308. The van der Waals surface area contributed by atoms with Crippen LogP contribution < -0.4 is 9.64 Å². The Morgan fingerprint density at radius 3 is 2.73 bits per heavy atom. The predicted octanol–water partition coefficient (Wildman–Crippen LogP) is 5.51. The number of nitrogens with zero attached hydrogens (tertiary/aromatic N) is 4. The van der Waals surface area contributed by atoms with Crippen LogP contribution in [0.2, 0.25) is 5.02 Å². The van der Waals surface area contributed by atoms with Crippen molar-refractivity contribution in [3.63, 3.8) is 0 Å². The van der Waals surface area contributed by atoms with E-state index >= 15 is 0 Å². The molecule has 0 unspecified atom stereocenters. The monoisotopic (exact) mass is 460 g/mol. The van der Waals surface area contributed by atoms with Gasteiger partial charge in [-0.05, 0) is 42.5 Å². The molecule has 1 fully saturated rings. The van der Waals surface area contributed by atoms with Gasteiger partial charge < -0.3 is 14.4 Å². The van der Waals surface area contributed by atoms with Crippen molar-refractivity contribution in [2.45, 2.75) is 32.6 Å². The summed E-state index contributed by atoms with van der Waals surface area (Å²) in [6.07, 6.45) is 4.43. The Morgan fingerprint density at radius 2 is 1.97 bits per heavy atom. The maximum absolute atomic E-state index is 6.62. The zero-order valence-electron chi connectivity index (χ0n) is 18.5. The summed E-state index contributed by atoms with van der Waals surface area (Å²) in [6, 6.07) is 16.3. The number of ether oxygens (including phenoxy) is 2. The minimum absolute atomic E-state index is 0.516. The Morgan fingerprint density at radius 1 is 1.12 bits per heavy atom. The van der Waals surface area contributed by atoms with Crippen molar-refractivity contribution in [1.29, 1.82) is 0 Å². The third-order valence-electron chi connectivity index (χ3n) is 6.45. The number of rotatable bonds is 7. The van der Waals surface area contributed by atoms with Gasteiger partial charge in [0, 0.05) is 29.8 Å². The molecule has 1 saturated carbocycles. The number of halogens is 1. The molecule has 2 aliphatic rings. The standard InChI is InChI=1S/C26H25ClN4O2/c1-32-19-9-10-20(23(27)11-19)21-12-28-31-25(21)29-24-16-33-15-22(24)26(31)30(14-18-7-8-18)13-17-5-3-2-4-6-17/h2-6,9-12,18H,7-8,13-16H2,1H3. The molecule has 4 aromatic rings. The maximum Gasteiger partial charge on any atom is 0.165 e. The normalized spacial score (nSPS) is 15.1. The molecular weight excluding hydrogens is 436 g/mol. The van der Waals surface area contributed by atoms with E-state index in [1.54, 1.807) is 7.11 Å². The summed E-state index contributed by atoms with van der Waals surface area (Å²) in [4.78, 5) is 7.44. The first kappa shape index (κ1) is 20.5. The van der Waals surface area contributed by atoms with Crippen molar-refractivity contribution in [1.82, 2.24) is 14.6 Å². The molecule has 0 saturated heterocycles. The summed E-state index contributed by atoms with van der Waals surface area (Å²) in [5, 5.41) is 5.43. The van der Waals surface area contributed by atoms with Gasteiger partial charge in [0.15, 0.2) is 5.65 Å². The molecule has 0 amide bonds. The molecule has 0 N–H and O–H groups in total. The van der Waals surface area contributed by atoms with Gasteiger partial charge in [0.1, 0.15) is 11.6 Å². The van der Waals surface area contributed by atoms with Gasteiger partial charge >= 0.3 is 0 Å². The molecule has 33 heavy (non-hydrogen) atoms. The number of fused-ring (bicyclic) bond motifs is 2. The van der Waals surface area contributed by atoms with Gasteiger partial charge in [-0.1, -0.05) is 41.9 Å². The largest absolute Gasteiger partial charge is 0.497 e. The zero-order valence-corrected chi connectivity index (χ0v) is 19.3. The summed E-state index contributed by atoms with van der Waals surface area (Å²) < 4.78 is 13.1. The molecule has 2 aromatic carbocycles. The third kappa shape index (κ3) is 3.83. The van der Waals surface area contributed by atoms with Crippen molar-refractivity contribution in [2.75, 3.05) is 18.6 Å². The average Bonchev–Trinajstić information content (AvgIpc) is 3.36.